The van der Waals surface area contributed by atoms with Gasteiger partial charge < -0.3 is 36.2 Å². The van der Waals surface area contributed by atoms with Crippen molar-refractivity contribution in [3.8, 4) is 0 Å². The summed E-state index contributed by atoms with van der Waals surface area (Å²) in [6.45, 7) is 2.93. The molecule has 6 N–H and O–H groups in total. The van der Waals surface area contributed by atoms with Crippen LogP contribution < -0.4 is 27.0 Å². The van der Waals surface area contributed by atoms with E-state index in [1.807, 2.05) is 18.7 Å². The number of rotatable bonds is 15. The maximum atomic E-state index is 12.5. The van der Waals surface area contributed by atoms with Crippen LogP contribution in [0.5, 0.6) is 0 Å². The number of anilines is 1. The number of aryl methyl sites for hydroxylation is 1. The highest BCUT2D eigenvalue weighted by Crippen LogP contribution is 2.33. The lowest BCUT2D eigenvalue weighted by Crippen LogP contribution is -2.36. The molecule has 3 saturated heterocycles. The summed E-state index contributed by atoms with van der Waals surface area (Å²) in [5, 5.41) is 31.8. The molecule has 4 rings (SSSR count). The molecule has 3 amide bonds. The number of hydrogen-bond donors (Lipinski definition) is 6. The molecule has 3 fully saturated rings. The number of thioether (sulfide) groups is 1. The van der Waals surface area contributed by atoms with Gasteiger partial charge in [-0.2, -0.15) is 16.7 Å². The molecule has 1 aromatic heterocycles. The Labute approximate surface area is 233 Å². The van der Waals surface area contributed by atoms with Crippen LogP contribution in [0.3, 0.4) is 0 Å². The van der Waals surface area contributed by atoms with Gasteiger partial charge in [-0.05, 0) is 32.6 Å². The number of carbonyl (C=O) groups is 2. The summed E-state index contributed by atoms with van der Waals surface area (Å²) in [6.07, 6.45) is 7.05. The number of aliphatic hydroxyl groups excluding tert-OH is 2. The van der Waals surface area contributed by atoms with E-state index in [0.717, 1.165) is 56.3 Å². The lowest BCUT2D eigenvalue weighted by molar-refractivity contribution is -0.121. The first-order chi connectivity index (χ1) is 18.9. The maximum absolute atomic E-state index is 12.5. The van der Waals surface area contributed by atoms with Crippen molar-refractivity contribution < 1.29 is 24.5 Å². The number of urea groups is 1. The fraction of sp³-hybridized carbons (Fsp3) is 0.769. The molecule has 6 atom stereocenters. The minimum atomic E-state index is -0.811. The van der Waals surface area contributed by atoms with Crippen molar-refractivity contribution in [3.63, 3.8) is 0 Å². The Morgan fingerprint density at radius 1 is 1.18 bits per heavy atom. The highest BCUT2D eigenvalue weighted by atomic mass is 32.2. The maximum Gasteiger partial charge on any atom is 0.351 e. The number of unbranched alkanes of at least 4 members (excludes halogenated alkanes) is 4. The summed E-state index contributed by atoms with van der Waals surface area (Å²) in [6, 6.07) is 0.417. The van der Waals surface area contributed by atoms with E-state index in [-0.39, 0.29) is 37.0 Å². The molecule has 0 aliphatic carbocycles. The van der Waals surface area contributed by atoms with Crippen LogP contribution in [-0.4, -0.2) is 86.7 Å². The molecule has 0 aromatic carbocycles. The van der Waals surface area contributed by atoms with Crippen molar-refractivity contribution in [2.45, 2.75) is 100 Å². The summed E-state index contributed by atoms with van der Waals surface area (Å²) in [7, 11) is 0. The van der Waals surface area contributed by atoms with Crippen LogP contribution in [0.2, 0.25) is 0 Å². The van der Waals surface area contributed by atoms with Crippen LogP contribution in [0, 0.1) is 6.92 Å². The molecule has 12 nitrogen and oxygen atoms in total. The third-order valence-corrected chi connectivity index (χ3v) is 9.14. The van der Waals surface area contributed by atoms with Crippen LogP contribution in [-0.2, 0) is 9.53 Å². The van der Waals surface area contributed by atoms with Crippen molar-refractivity contribution >= 4 is 29.5 Å². The van der Waals surface area contributed by atoms with Crippen molar-refractivity contribution in [2.75, 3.05) is 30.8 Å². The summed E-state index contributed by atoms with van der Waals surface area (Å²) < 4.78 is 6.93. The molecule has 3 aliphatic heterocycles. The van der Waals surface area contributed by atoms with Gasteiger partial charge in [0.2, 0.25) is 5.91 Å². The van der Waals surface area contributed by atoms with Gasteiger partial charge in [-0.25, -0.2) is 9.59 Å². The van der Waals surface area contributed by atoms with E-state index >= 15 is 0 Å². The van der Waals surface area contributed by atoms with Crippen LogP contribution in [0.15, 0.2) is 11.0 Å². The van der Waals surface area contributed by atoms with Crippen molar-refractivity contribution in [1.29, 1.82) is 0 Å². The topological polar surface area (TPSA) is 167 Å². The first kappa shape index (κ1) is 29.6. The molecule has 0 bridgehead atoms. The molecular weight excluding hydrogens is 524 g/mol. The first-order valence-corrected chi connectivity index (χ1v) is 15.1. The largest absolute Gasteiger partial charge is 0.394 e. The molecule has 0 saturated carbocycles. The Morgan fingerprint density at radius 2 is 1.97 bits per heavy atom. The van der Waals surface area contributed by atoms with Crippen LogP contribution in [0.25, 0.3) is 0 Å². The lowest BCUT2D eigenvalue weighted by atomic mass is 10.0. The van der Waals surface area contributed by atoms with E-state index in [9.17, 15) is 24.6 Å². The van der Waals surface area contributed by atoms with Gasteiger partial charge in [0.25, 0.3) is 0 Å². The lowest BCUT2D eigenvalue weighted by Gasteiger charge is -2.16. The van der Waals surface area contributed by atoms with Gasteiger partial charge in [0.15, 0.2) is 0 Å². The number of aromatic nitrogens is 2. The molecule has 13 heteroatoms. The van der Waals surface area contributed by atoms with Crippen LogP contribution in [0.1, 0.15) is 69.6 Å². The number of ether oxygens (including phenoxy) is 1. The average molecular weight is 567 g/mol. The molecule has 0 spiro atoms. The van der Waals surface area contributed by atoms with E-state index in [4.69, 9.17) is 4.74 Å². The molecule has 3 unspecified atom stereocenters. The van der Waals surface area contributed by atoms with Gasteiger partial charge in [0, 0.05) is 48.7 Å². The normalized spacial score (nSPS) is 27.7. The average Bonchev–Trinajstić information content (AvgIpc) is 3.58. The SMILES string of the molecule is Cc1cn([C@H]2C[C@H](O)[C@@H](CO)O2)c(=O)nc1NCCCCCCNC(=O)CCCCC1SCC2NC(=O)NC21. The van der Waals surface area contributed by atoms with Crippen molar-refractivity contribution in [1.82, 2.24) is 25.5 Å². The van der Waals surface area contributed by atoms with Crippen molar-refractivity contribution in [3.05, 3.63) is 22.2 Å². The Morgan fingerprint density at radius 3 is 2.74 bits per heavy atom. The molecule has 0 radical (unpaired) electrons. The molecule has 1 aromatic rings. The Balaban J connectivity index is 1.02. The molecule has 4 heterocycles. The fourth-order valence-electron chi connectivity index (χ4n) is 5.40. The number of nitrogens with one attached hydrogen (secondary N) is 4. The third kappa shape index (κ3) is 8.09. The van der Waals surface area contributed by atoms with E-state index in [0.29, 0.717) is 30.6 Å². The molecule has 3 aliphatic rings. The molecule has 39 heavy (non-hydrogen) atoms. The molecular formula is C26H42N6O6S. The number of amides is 3. The number of hydrogen-bond acceptors (Lipinski definition) is 9. The zero-order chi connectivity index (χ0) is 27.8. The number of carbonyl (C=O) groups excluding carboxylic acids is 2. The van der Waals surface area contributed by atoms with Gasteiger partial charge in [-0.3, -0.25) is 9.36 Å². The van der Waals surface area contributed by atoms with E-state index in [2.05, 4.69) is 26.3 Å². The predicted octanol–water partition coefficient (Wildman–Crippen LogP) is 1.01. The summed E-state index contributed by atoms with van der Waals surface area (Å²) in [4.78, 5) is 40.2. The number of nitrogens with zero attached hydrogens (tertiary/aromatic N) is 2. The Kier molecular flexibility index (Phi) is 10.9. The second-order valence-corrected chi connectivity index (χ2v) is 11.9. The van der Waals surface area contributed by atoms with Gasteiger partial charge >= 0.3 is 11.7 Å². The van der Waals surface area contributed by atoms with Gasteiger partial charge in [-0.1, -0.05) is 19.3 Å². The van der Waals surface area contributed by atoms with E-state index in [1.54, 1.807) is 6.20 Å². The quantitative estimate of drug-likeness (QED) is 0.134. The van der Waals surface area contributed by atoms with E-state index in [1.165, 1.54) is 4.57 Å². The highest BCUT2D eigenvalue weighted by Gasteiger charge is 2.42. The zero-order valence-electron chi connectivity index (χ0n) is 22.6. The first-order valence-electron chi connectivity index (χ1n) is 14.1. The van der Waals surface area contributed by atoms with E-state index < -0.39 is 24.1 Å². The predicted molar refractivity (Wildman–Crippen MR) is 149 cm³/mol. The standard InChI is InChI=1S/C26H42N6O6S/c1-16-13-32(22-12-18(34)19(14-33)38-22)26(37)31-24(16)28-11-7-3-2-6-10-27-21(35)9-5-4-8-20-23-17(15-39-20)29-25(36)30-23/h13,17-20,22-23,33-34H,2-12,14-15H2,1H3,(H,27,35)(H,28,31,37)(H2,29,30,36)/t17?,18-,19+,20?,22+,23?/m0/s1. The zero-order valence-corrected chi connectivity index (χ0v) is 23.4. The molecule has 218 valence electrons. The summed E-state index contributed by atoms with van der Waals surface area (Å²) in [5.41, 5.74) is 0.344. The summed E-state index contributed by atoms with van der Waals surface area (Å²) in [5.74, 6) is 1.60. The third-order valence-electron chi connectivity index (χ3n) is 7.63. The Bertz CT molecular complexity index is 1040. The number of aliphatic hydroxyl groups is 2. The fourth-order valence-corrected chi connectivity index (χ4v) is 6.95. The number of fused-ring (bicyclic) bond motifs is 1. The smallest absolute Gasteiger partial charge is 0.351 e. The van der Waals surface area contributed by atoms with Crippen LogP contribution >= 0.6 is 11.8 Å². The van der Waals surface area contributed by atoms with Gasteiger partial charge in [-0.15, -0.1) is 0 Å². The Hall–Kier alpha value is -2.35. The van der Waals surface area contributed by atoms with Gasteiger partial charge in [0.05, 0.1) is 24.8 Å². The minimum absolute atomic E-state index is 0.0588. The minimum Gasteiger partial charge on any atom is -0.394 e. The highest BCUT2D eigenvalue weighted by molar-refractivity contribution is 8.00. The second kappa shape index (κ2) is 14.3. The monoisotopic (exact) mass is 566 g/mol. The van der Waals surface area contributed by atoms with Crippen LogP contribution in [0.4, 0.5) is 10.6 Å². The van der Waals surface area contributed by atoms with Crippen molar-refractivity contribution in [2.24, 2.45) is 0 Å². The second-order valence-electron chi connectivity index (χ2n) is 10.6. The summed E-state index contributed by atoms with van der Waals surface area (Å²) >= 11 is 1.91. The van der Waals surface area contributed by atoms with Gasteiger partial charge in [0.1, 0.15) is 18.1 Å².